The van der Waals surface area contributed by atoms with Crippen LogP contribution in [0.5, 0.6) is 0 Å². The first kappa shape index (κ1) is 21.4. The van der Waals surface area contributed by atoms with Crippen LogP contribution in [0.15, 0.2) is 46.9 Å². The third-order valence-corrected chi connectivity index (χ3v) is 5.07. The molecule has 2 amide bonds. The summed E-state index contributed by atoms with van der Waals surface area (Å²) in [7, 11) is 0. The average molecular weight is 441 g/mol. The molecule has 1 aromatic heterocycles. The monoisotopic (exact) mass is 441 g/mol. The topological polar surface area (TPSA) is 122 Å². The number of oxazole rings is 1. The molecule has 0 spiro atoms. The number of amides is 2. The predicted molar refractivity (Wildman–Crippen MR) is 113 cm³/mol. The van der Waals surface area contributed by atoms with Crippen molar-refractivity contribution in [2.24, 2.45) is 5.73 Å². The summed E-state index contributed by atoms with van der Waals surface area (Å²) in [6, 6.07) is 9.79. The third kappa shape index (κ3) is 4.59. The highest BCUT2D eigenvalue weighted by molar-refractivity contribution is 5.97. The lowest BCUT2D eigenvalue weighted by atomic mass is 10.1. The molecular formula is C22H21F2N5O3. The molecule has 4 rings (SSSR count). The van der Waals surface area contributed by atoms with Crippen molar-refractivity contribution in [1.82, 2.24) is 15.6 Å². The van der Waals surface area contributed by atoms with Gasteiger partial charge in [0.25, 0.3) is 11.8 Å². The first-order valence-electron chi connectivity index (χ1n) is 10.1. The number of benzene rings is 2. The lowest BCUT2D eigenvalue weighted by Gasteiger charge is -2.23. The van der Waals surface area contributed by atoms with E-state index in [0.29, 0.717) is 11.3 Å². The van der Waals surface area contributed by atoms with E-state index in [1.807, 2.05) is 0 Å². The maximum Gasteiger partial charge on any atom is 0.273 e. The molecule has 10 heteroatoms. The Bertz CT molecular complexity index is 1120. The minimum Gasteiger partial charge on any atom is -0.419 e. The molecule has 0 unspecified atom stereocenters. The quantitative estimate of drug-likeness (QED) is 0.467. The van der Waals surface area contributed by atoms with Gasteiger partial charge in [0.05, 0.1) is 0 Å². The fourth-order valence-electron chi connectivity index (χ4n) is 3.46. The second-order valence-electron chi connectivity index (χ2n) is 7.38. The summed E-state index contributed by atoms with van der Waals surface area (Å²) >= 11 is 0. The van der Waals surface area contributed by atoms with Gasteiger partial charge < -0.3 is 26.1 Å². The van der Waals surface area contributed by atoms with E-state index < -0.39 is 29.0 Å². The number of hydrogen-bond acceptors (Lipinski definition) is 6. The number of primary amides is 1. The Labute approximate surface area is 182 Å². The van der Waals surface area contributed by atoms with Crippen LogP contribution in [0.4, 0.5) is 20.4 Å². The molecule has 2 aromatic carbocycles. The van der Waals surface area contributed by atoms with E-state index in [0.717, 1.165) is 38.1 Å². The van der Waals surface area contributed by atoms with Gasteiger partial charge in [-0.2, -0.15) is 0 Å². The van der Waals surface area contributed by atoms with Gasteiger partial charge in [-0.05, 0) is 55.8 Å². The van der Waals surface area contributed by atoms with Crippen LogP contribution in [-0.2, 0) is 0 Å². The van der Waals surface area contributed by atoms with Gasteiger partial charge in [0.2, 0.25) is 11.8 Å². The number of anilines is 2. The van der Waals surface area contributed by atoms with E-state index in [2.05, 4.69) is 20.9 Å². The average Bonchev–Trinajstić information content (AvgIpc) is 3.18. The van der Waals surface area contributed by atoms with Crippen LogP contribution in [-0.4, -0.2) is 35.9 Å². The highest BCUT2D eigenvalue weighted by Crippen LogP contribution is 2.31. The molecule has 1 atom stereocenters. The third-order valence-electron chi connectivity index (χ3n) is 5.07. The van der Waals surface area contributed by atoms with E-state index in [-0.39, 0.29) is 23.5 Å². The normalized spacial score (nSPS) is 15.9. The number of carbonyl (C=O) groups is 2. The van der Waals surface area contributed by atoms with Crippen molar-refractivity contribution < 1.29 is 22.8 Å². The minimum atomic E-state index is -0.934. The lowest BCUT2D eigenvalue weighted by molar-refractivity contribution is 0.0929. The highest BCUT2D eigenvalue weighted by Gasteiger charge is 2.23. The molecule has 0 radical (unpaired) electrons. The van der Waals surface area contributed by atoms with E-state index >= 15 is 0 Å². The Morgan fingerprint density at radius 1 is 1.12 bits per heavy atom. The highest BCUT2D eigenvalue weighted by atomic mass is 19.1. The number of nitrogens with zero attached hydrogens (tertiary/aromatic N) is 1. The summed E-state index contributed by atoms with van der Waals surface area (Å²) < 4.78 is 33.6. The number of rotatable bonds is 6. The van der Waals surface area contributed by atoms with Crippen LogP contribution in [0.1, 0.15) is 33.7 Å². The standard InChI is InChI=1S/C22H21F2N5O3/c23-15-4-1-5-16(24)17(15)21-29-18(19(25)30)22(32-21)28-13-8-6-12(7-9-13)20(31)27-14-3-2-10-26-11-14/h1,4-9,14,26,28H,2-3,10-11H2,(H2,25,30)(H,27,31)/t14-/m0/s1. The number of nitrogens with one attached hydrogen (secondary N) is 3. The molecule has 0 saturated carbocycles. The smallest absolute Gasteiger partial charge is 0.273 e. The molecular weight excluding hydrogens is 420 g/mol. The largest absolute Gasteiger partial charge is 0.419 e. The van der Waals surface area contributed by atoms with Crippen molar-refractivity contribution in [2.75, 3.05) is 18.4 Å². The number of carbonyl (C=O) groups excluding carboxylic acids is 2. The second-order valence-corrected chi connectivity index (χ2v) is 7.38. The van der Waals surface area contributed by atoms with E-state index in [1.165, 1.54) is 6.07 Å². The zero-order chi connectivity index (χ0) is 22.7. The number of halogens is 2. The molecule has 2 heterocycles. The first-order valence-corrected chi connectivity index (χ1v) is 10.1. The van der Waals surface area contributed by atoms with Gasteiger partial charge in [-0.25, -0.2) is 13.8 Å². The van der Waals surface area contributed by atoms with E-state index in [9.17, 15) is 18.4 Å². The SMILES string of the molecule is NC(=O)c1nc(-c2c(F)cccc2F)oc1Nc1ccc(C(=O)N[C@H]2CCCNC2)cc1. The molecule has 5 N–H and O–H groups in total. The molecule has 1 aliphatic heterocycles. The molecule has 1 fully saturated rings. The van der Waals surface area contributed by atoms with Crippen LogP contribution in [0, 0.1) is 11.6 Å². The maximum absolute atomic E-state index is 14.1. The van der Waals surface area contributed by atoms with Gasteiger partial charge in [0.15, 0.2) is 5.69 Å². The number of piperidine rings is 1. The maximum atomic E-state index is 14.1. The van der Waals surface area contributed by atoms with Crippen molar-refractivity contribution in [2.45, 2.75) is 18.9 Å². The molecule has 3 aromatic rings. The van der Waals surface area contributed by atoms with Crippen molar-refractivity contribution in [1.29, 1.82) is 0 Å². The molecule has 0 aliphatic carbocycles. The summed E-state index contributed by atoms with van der Waals surface area (Å²) in [4.78, 5) is 28.1. The second kappa shape index (κ2) is 9.15. The summed E-state index contributed by atoms with van der Waals surface area (Å²) in [5, 5.41) is 9.03. The summed E-state index contributed by atoms with van der Waals surface area (Å²) in [5.41, 5.74) is 5.44. The number of hydrogen-bond donors (Lipinski definition) is 4. The van der Waals surface area contributed by atoms with Gasteiger partial charge in [-0.1, -0.05) is 6.07 Å². The summed E-state index contributed by atoms with van der Waals surface area (Å²) in [6.07, 6.45) is 1.93. The van der Waals surface area contributed by atoms with E-state index in [1.54, 1.807) is 24.3 Å². The Hall–Kier alpha value is -3.79. The molecule has 166 valence electrons. The van der Waals surface area contributed by atoms with Crippen molar-refractivity contribution in [3.63, 3.8) is 0 Å². The Morgan fingerprint density at radius 3 is 2.47 bits per heavy atom. The fourth-order valence-corrected chi connectivity index (χ4v) is 3.46. The number of nitrogens with two attached hydrogens (primary N) is 1. The zero-order valence-electron chi connectivity index (χ0n) is 17.0. The van der Waals surface area contributed by atoms with Crippen LogP contribution < -0.4 is 21.7 Å². The predicted octanol–water partition coefficient (Wildman–Crippen LogP) is 2.94. The van der Waals surface area contributed by atoms with Crippen molar-refractivity contribution >= 4 is 23.4 Å². The van der Waals surface area contributed by atoms with E-state index in [4.69, 9.17) is 10.2 Å². The van der Waals surface area contributed by atoms with Gasteiger partial charge >= 0.3 is 0 Å². The zero-order valence-corrected chi connectivity index (χ0v) is 17.0. The minimum absolute atomic E-state index is 0.0820. The molecule has 8 nitrogen and oxygen atoms in total. The van der Waals surface area contributed by atoms with Crippen molar-refractivity contribution in [3.8, 4) is 11.5 Å². The summed E-state index contributed by atoms with van der Waals surface area (Å²) in [5.74, 6) is -3.50. The van der Waals surface area contributed by atoms with Crippen LogP contribution in [0.2, 0.25) is 0 Å². The summed E-state index contributed by atoms with van der Waals surface area (Å²) in [6.45, 7) is 1.69. The van der Waals surface area contributed by atoms with Crippen LogP contribution >= 0.6 is 0 Å². The molecule has 0 bridgehead atoms. The Morgan fingerprint density at radius 2 is 1.84 bits per heavy atom. The van der Waals surface area contributed by atoms with Gasteiger partial charge in [-0.15, -0.1) is 0 Å². The van der Waals surface area contributed by atoms with Crippen LogP contribution in [0.3, 0.4) is 0 Å². The molecule has 32 heavy (non-hydrogen) atoms. The van der Waals surface area contributed by atoms with Crippen LogP contribution in [0.25, 0.3) is 11.5 Å². The first-order chi connectivity index (χ1) is 15.4. The van der Waals surface area contributed by atoms with Gasteiger partial charge in [0.1, 0.15) is 17.2 Å². The number of aromatic nitrogens is 1. The molecule has 1 aliphatic rings. The Balaban J connectivity index is 1.53. The van der Waals surface area contributed by atoms with Gasteiger partial charge in [0, 0.05) is 23.8 Å². The van der Waals surface area contributed by atoms with Crippen molar-refractivity contribution in [3.05, 3.63) is 65.4 Å². The lowest BCUT2D eigenvalue weighted by Crippen LogP contribution is -2.45. The Kier molecular flexibility index (Phi) is 6.13. The fraction of sp³-hybridized carbons (Fsp3) is 0.227. The molecule has 1 saturated heterocycles. The van der Waals surface area contributed by atoms with Gasteiger partial charge in [-0.3, -0.25) is 9.59 Å².